The van der Waals surface area contributed by atoms with Crippen LogP contribution in [0.3, 0.4) is 0 Å². The normalized spacial score (nSPS) is 10.6. The van der Waals surface area contributed by atoms with Gasteiger partial charge in [-0.25, -0.2) is 9.97 Å². The summed E-state index contributed by atoms with van der Waals surface area (Å²) < 4.78 is 1.09. The van der Waals surface area contributed by atoms with E-state index in [1.54, 1.807) is 11.3 Å². The van der Waals surface area contributed by atoms with Gasteiger partial charge in [0.15, 0.2) is 11.0 Å². The van der Waals surface area contributed by atoms with Crippen molar-refractivity contribution in [2.45, 2.75) is 20.4 Å². The van der Waals surface area contributed by atoms with Crippen LogP contribution in [0.5, 0.6) is 0 Å². The van der Waals surface area contributed by atoms with Crippen LogP contribution in [0.1, 0.15) is 16.3 Å². The van der Waals surface area contributed by atoms with Gasteiger partial charge < -0.3 is 5.32 Å². The monoisotopic (exact) mass is 331 g/mol. The topological polar surface area (TPSA) is 37.8 Å². The minimum atomic E-state index is 0.420. The first kappa shape index (κ1) is 12.8. The summed E-state index contributed by atoms with van der Waals surface area (Å²) in [6, 6.07) is 2.07. The highest BCUT2D eigenvalue weighted by Crippen LogP contribution is 2.23. The molecule has 3 nitrogen and oxygen atoms in total. The molecule has 0 aliphatic carbocycles. The molecule has 0 radical (unpaired) electrons. The number of anilines is 1. The number of hydrogen-bond acceptors (Lipinski definition) is 4. The Morgan fingerprint density at radius 3 is 2.71 bits per heavy atom. The molecule has 0 unspecified atom stereocenters. The highest BCUT2D eigenvalue weighted by atomic mass is 79.9. The lowest BCUT2D eigenvalue weighted by atomic mass is 10.3. The molecule has 0 aliphatic rings. The Bertz CT molecular complexity index is 542. The molecular weight excluding hydrogens is 322 g/mol. The summed E-state index contributed by atoms with van der Waals surface area (Å²) in [5.41, 5.74) is 1.75. The van der Waals surface area contributed by atoms with Gasteiger partial charge in [0.05, 0.1) is 17.9 Å². The van der Waals surface area contributed by atoms with Crippen molar-refractivity contribution in [3.8, 4) is 0 Å². The lowest BCUT2D eigenvalue weighted by molar-refractivity contribution is 1.02. The van der Waals surface area contributed by atoms with Gasteiger partial charge in [-0.1, -0.05) is 11.6 Å². The molecule has 2 rings (SSSR count). The van der Waals surface area contributed by atoms with Crippen molar-refractivity contribution >= 4 is 44.7 Å². The van der Waals surface area contributed by atoms with E-state index in [9.17, 15) is 0 Å². The van der Waals surface area contributed by atoms with Gasteiger partial charge in [0.25, 0.3) is 0 Å². The molecule has 0 aliphatic heterocycles. The number of nitrogens with zero attached hydrogens (tertiary/aromatic N) is 2. The molecule has 0 saturated heterocycles. The molecule has 2 aromatic heterocycles. The highest BCUT2D eigenvalue weighted by molar-refractivity contribution is 9.10. The second-order valence-electron chi connectivity index (χ2n) is 3.62. The zero-order valence-electron chi connectivity index (χ0n) is 9.42. The highest BCUT2D eigenvalue weighted by Gasteiger charge is 2.07. The standard InChI is InChI=1S/C11H11BrClN3S/c1-6-7(2)16-11(10(13)15-6)14-4-9-3-8(12)5-17-9/h3,5H,4H2,1-2H3,(H,14,16). The van der Waals surface area contributed by atoms with Crippen molar-refractivity contribution in [2.75, 3.05) is 5.32 Å². The molecule has 0 spiro atoms. The van der Waals surface area contributed by atoms with Gasteiger partial charge in [0.1, 0.15) is 0 Å². The van der Waals surface area contributed by atoms with Gasteiger partial charge >= 0.3 is 0 Å². The van der Waals surface area contributed by atoms with E-state index < -0.39 is 0 Å². The molecule has 17 heavy (non-hydrogen) atoms. The molecule has 1 N–H and O–H groups in total. The first-order chi connectivity index (χ1) is 8.06. The third kappa shape index (κ3) is 3.18. The van der Waals surface area contributed by atoms with Crippen molar-refractivity contribution in [3.05, 3.63) is 37.3 Å². The Labute approximate surface area is 117 Å². The Morgan fingerprint density at radius 2 is 2.06 bits per heavy atom. The molecule has 0 bridgehead atoms. The first-order valence-corrected chi connectivity index (χ1v) is 7.09. The summed E-state index contributed by atoms with van der Waals surface area (Å²) in [6.45, 7) is 4.52. The fourth-order valence-electron chi connectivity index (χ4n) is 1.31. The number of hydrogen-bond donors (Lipinski definition) is 1. The summed E-state index contributed by atoms with van der Waals surface area (Å²) in [4.78, 5) is 9.82. The Kier molecular flexibility index (Phi) is 4.01. The second-order valence-corrected chi connectivity index (χ2v) is 5.89. The molecule has 0 atom stereocenters. The van der Waals surface area contributed by atoms with Crippen molar-refractivity contribution in [3.63, 3.8) is 0 Å². The Balaban J connectivity index is 2.11. The number of thiophene rings is 1. The summed E-state index contributed by atoms with van der Waals surface area (Å²) in [5.74, 6) is 0.638. The predicted molar refractivity (Wildman–Crippen MR) is 75.9 cm³/mol. The number of halogens is 2. The molecule has 0 aromatic carbocycles. The predicted octanol–water partition coefficient (Wildman–Crippen LogP) is 4.18. The van der Waals surface area contributed by atoms with Crippen molar-refractivity contribution in [1.82, 2.24) is 9.97 Å². The minimum Gasteiger partial charge on any atom is -0.363 e. The van der Waals surface area contributed by atoms with E-state index in [-0.39, 0.29) is 0 Å². The molecule has 2 heterocycles. The zero-order valence-corrected chi connectivity index (χ0v) is 12.6. The lowest BCUT2D eigenvalue weighted by Gasteiger charge is -2.08. The number of aryl methyl sites for hydroxylation is 2. The summed E-state index contributed by atoms with van der Waals surface area (Å²) in [5, 5.41) is 5.66. The van der Waals surface area contributed by atoms with Crippen molar-refractivity contribution in [1.29, 1.82) is 0 Å². The fourth-order valence-corrected chi connectivity index (χ4v) is 2.93. The quantitative estimate of drug-likeness (QED) is 0.916. The second kappa shape index (κ2) is 5.33. The summed E-state index contributed by atoms with van der Waals surface area (Å²) >= 11 is 11.1. The average Bonchev–Trinajstić information content (AvgIpc) is 2.68. The molecular formula is C11H11BrClN3S. The minimum absolute atomic E-state index is 0.420. The molecule has 90 valence electrons. The van der Waals surface area contributed by atoms with Crippen LogP contribution >= 0.6 is 38.9 Å². The molecule has 6 heteroatoms. The van der Waals surface area contributed by atoms with E-state index in [1.807, 2.05) is 19.2 Å². The van der Waals surface area contributed by atoms with Gasteiger partial charge in [0.2, 0.25) is 0 Å². The SMILES string of the molecule is Cc1nc(Cl)c(NCc2cc(Br)cs2)nc1C. The van der Waals surface area contributed by atoms with E-state index in [2.05, 4.69) is 37.3 Å². The molecule has 0 saturated carbocycles. The van der Waals surface area contributed by atoms with Crippen molar-refractivity contribution in [2.24, 2.45) is 0 Å². The maximum absolute atomic E-state index is 6.03. The third-order valence-corrected chi connectivity index (χ3v) is 4.28. The summed E-state index contributed by atoms with van der Waals surface area (Å²) in [7, 11) is 0. The maximum Gasteiger partial charge on any atom is 0.171 e. The van der Waals surface area contributed by atoms with Gasteiger partial charge in [-0.3, -0.25) is 0 Å². The molecule has 0 fully saturated rings. The van der Waals surface area contributed by atoms with Crippen LogP contribution in [0.15, 0.2) is 15.9 Å². The summed E-state index contributed by atoms with van der Waals surface area (Å²) in [6.07, 6.45) is 0. The average molecular weight is 333 g/mol. The van der Waals surface area contributed by atoms with E-state index in [4.69, 9.17) is 11.6 Å². The van der Waals surface area contributed by atoms with Crippen LogP contribution in [0, 0.1) is 13.8 Å². The van der Waals surface area contributed by atoms with Gasteiger partial charge in [-0.05, 0) is 35.8 Å². The smallest absolute Gasteiger partial charge is 0.171 e. The van der Waals surface area contributed by atoms with Crippen LogP contribution in [0.25, 0.3) is 0 Å². The molecule has 2 aromatic rings. The number of aromatic nitrogens is 2. The van der Waals surface area contributed by atoms with Crippen molar-refractivity contribution < 1.29 is 0 Å². The number of nitrogens with one attached hydrogen (secondary N) is 1. The van der Waals surface area contributed by atoms with E-state index in [0.717, 1.165) is 15.9 Å². The van der Waals surface area contributed by atoms with Crippen LogP contribution in [0.4, 0.5) is 5.82 Å². The van der Waals surface area contributed by atoms with Gasteiger partial charge in [0, 0.05) is 14.7 Å². The lowest BCUT2D eigenvalue weighted by Crippen LogP contribution is -2.04. The van der Waals surface area contributed by atoms with Gasteiger partial charge in [-0.2, -0.15) is 0 Å². The molecule has 0 amide bonds. The zero-order chi connectivity index (χ0) is 12.4. The van der Waals surface area contributed by atoms with Gasteiger partial charge in [-0.15, -0.1) is 11.3 Å². The first-order valence-electron chi connectivity index (χ1n) is 5.04. The van der Waals surface area contributed by atoms with Crippen LogP contribution in [-0.2, 0) is 6.54 Å². The fraction of sp³-hybridized carbons (Fsp3) is 0.273. The van der Waals surface area contributed by atoms with Crippen LogP contribution < -0.4 is 5.32 Å². The number of rotatable bonds is 3. The maximum atomic E-state index is 6.03. The Morgan fingerprint density at radius 1 is 1.35 bits per heavy atom. The Hall–Kier alpha value is -0.650. The largest absolute Gasteiger partial charge is 0.363 e. The van der Waals surface area contributed by atoms with Crippen LogP contribution in [-0.4, -0.2) is 9.97 Å². The van der Waals surface area contributed by atoms with E-state index in [1.165, 1.54) is 4.88 Å². The van der Waals surface area contributed by atoms with Crippen LogP contribution in [0.2, 0.25) is 5.15 Å². The third-order valence-electron chi connectivity index (χ3n) is 2.32. The van der Waals surface area contributed by atoms with E-state index in [0.29, 0.717) is 17.5 Å². The van der Waals surface area contributed by atoms with E-state index >= 15 is 0 Å².